The SMILES string of the molecule is CC1(C)[C@@H]2CC[C@]1(C)[C@H](OCCN1CCNC1=O)C2. The second-order valence-corrected chi connectivity index (χ2v) is 7.19. The van der Waals surface area contributed by atoms with Crippen LogP contribution in [0.25, 0.3) is 0 Å². The highest BCUT2D eigenvalue weighted by atomic mass is 16.5. The van der Waals surface area contributed by atoms with Crippen molar-refractivity contribution >= 4 is 6.03 Å². The van der Waals surface area contributed by atoms with Crippen molar-refractivity contribution in [2.45, 2.75) is 46.1 Å². The van der Waals surface area contributed by atoms with Crippen LogP contribution in [-0.4, -0.2) is 43.3 Å². The van der Waals surface area contributed by atoms with Gasteiger partial charge in [-0.15, -0.1) is 0 Å². The summed E-state index contributed by atoms with van der Waals surface area (Å²) in [6.07, 6.45) is 4.24. The summed E-state index contributed by atoms with van der Waals surface area (Å²) in [6.45, 7) is 10.2. The van der Waals surface area contributed by atoms with Gasteiger partial charge in [0, 0.05) is 19.6 Å². The molecule has 2 aliphatic carbocycles. The molecule has 19 heavy (non-hydrogen) atoms. The van der Waals surface area contributed by atoms with Crippen molar-refractivity contribution in [3.8, 4) is 0 Å². The summed E-state index contributed by atoms with van der Waals surface area (Å²) in [6, 6.07) is 0.0584. The van der Waals surface area contributed by atoms with E-state index in [9.17, 15) is 4.79 Å². The fourth-order valence-corrected chi connectivity index (χ4v) is 4.41. The number of urea groups is 1. The largest absolute Gasteiger partial charge is 0.376 e. The van der Waals surface area contributed by atoms with Crippen molar-refractivity contribution in [3.05, 3.63) is 0 Å². The van der Waals surface area contributed by atoms with Gasteiger partial charge in [0.15, 0.2) is 0 Å². The molecule has 4 heteroatoms. The Morgan fingerprint density at radius 2 is 2.21 bits per heavy atom. The Hall–Kier alpha value is -0.770. The van der Waals surface area contributed by atoms with E-state index in [4.69, 9.17) is 4.74 Å². The Morgan fingerprint density at radius 3 is 2.74 bits per heavy atom. The lowest BCUT2D eigenvalue weighted by molar-refractivity contribution is -0.0490. The van der Waals surface area contributed by atoms with Gasteiger partial charge in [0.2, 0.25) is 0 Å². The van der Waals surface area contributed by atoms with Gasteiger partial charge in [0.1, 0.15) is 0 Å². The molecule has 2 saturated carbocycles. The first-order valence-corrected chi connectivity index (χ1v) is 7.59. The van der Waals surface area contributed by atoms with Crippen LogP contribution in [-0.2, 0) is 4.74 Å². The molecular formula is C15H26N2O2. The fourth-order valence-electron chi connectivity index (χ4n) is 4.41. The summed E-state index contributed by atoms with van der Waals surface area (Å²) in [4.78, 5) is 13.3. The third-order valence-corrected chi connectivity index (χ3v) is 6.34. The van der Waals surface area contributed by atoms with E-state index in [0.717, 1.165) is 25.6 Å². The van der Waals surface area contributed by atoms with E-state index < -0.39 is 0 Å². The number of nitrogens with one attached hydrogen (secondary N) is 1. The predicted octanol–water partition coefficient (Wildman–Crippen LogP) is 2.24. The zero-order valence-corrected chi connectivity index (χ0v) is 12.4. The number of nitrogens with zero attached hydrogens (tertiary/aromatic N) is 1. The predicted molar refractivity (Wildman–Crippen MR) is 73.9 cm³/mol. The minimum absolute atomic E-state index is 0.0584. The van der Waals surface area contributed by atoms with Crippen LogP contribution in [0.2, 0.25) is 0 Å². The Kier molecular flexibility index (Phi) is 3.04. The molecular weight excluding hydrogens is 240 g/mol. The summed E-state index contributed by atoms with van der Waals surface area (Å²) in [5, 5.41) is 2.83. The average molecular weight is 266 g/mol. The zero-order valence-electron chi connectivity index (χ0n) is 12.4. The molecule has 0 radical (unpaired) electrons. The molecule has 0 aromatic rings. The van der Waals surface area contributed by atoms with Gasteiger partial charge in [-0.1, -0.05) is 20.8 Å². The van der Waals surface area contributed by atoms with E-state index in [-0.39, 0.29) is 6.03 Å². The molecule has 3 atom stereocenters. The Balaban J connectivity index is 1.53. The van der Waals surface area contributed by atoms with Crippen molar-refractivity contribution in [1.29, 1.82) is 0 Å². The molecule has 1 heterocycles. The number of carbonyl (C=O) groups excluding carboxylic acids is 1. The first-order chi connectivity index (χ1) is 8.95. The van der Waals surface area contributed by atoms with Crippen LogP contribution in [0.1, 0.15) is 40.0 Å². The number of ether oxygens (including phenoxy) is 1. The smallest absolute Gasteiger partial charge is 0.317 e. The Morgan fingerprint density at radius 1 is 1.42 bits per heavy atom. The molecule has 2 bridgehead atoms. The maximum Gasteiger partial charge on any atom is 0.317 e. The Labute approximate surface area is 115 Å². The van der Waals surface area contributed by atoms with Gasteiger partial charge < -0.3 is 15.0 Å². The fraction of sp³-hybridized carbons (Fsp3) is 0.933. The maximum atomic E-state index is 11.5. The van der Waals surface area contributed by atoms with Crippen LogP contribution in [0.5, 0.6) is 0 Å². The van der Waals surface area contributed by atoms with Gasteiger partial charge in [-0.2, -0.15) is 0 Å². The van der Waals surface area contributed by atoms with E-state index in [2.05, 4.69) is 26.1 Å². The molecule has 0 spiro atoms. The highest BCUT2D eigenvalue weighted by Crippen LogP contribution is 2.66. The second-order valence-electron chi connectivity index (χ2n) is 7.19. The van der Waals surface area contributed by atoms with Crippen LogP contribution in [0.4, 0.5) is 4.79 Å². The molecule has 1 aliphatic heterocycles. The second kappa shape index (κ2) is 4.37. The van der Waals surface area contributed by atoms with Crippen molar-refractivity contribution in [3.63, 3.8) is 0 Å². The normalized spacial score (nSPS) is 39.9. The van der Waals surface area contributed by atoms with Crippen LogP contribution >= 0.6 is 0 Å². The average Bonchev–Trinajstić information content (AvgIpc) is 2.91. The summed E-state index contributed by atoms with van der Waals surface area (Å²) in [5.74, 6) is 0.817. The van der Waals surface area contributed by atoms with E-state index in [1.165, 1.54) is 19.3 Å². The lowest BCUT2D eigenvalue weighted by atomic mass is 9.70. The topological polar surface area (TPSA) is 41.6 Å². The maximum absolute atomic E-state index is 11.5. The lowest BCUT2D eigenvalue weighted by Crippen LogP contribution is -2.39. The summed E-state index contributed by atoms with van der Waals surface area (Å²) < 4.78 is 6.16. The van der Waals surface area contributed by atoms with Crippen LogP contribution in [0.15, 0.2) is 0 Å². The van der Waals surface area contributed by atoms with Crippen LogP contribution in [0.3, 0.4) is 0 Å². The van der Waals surface area contributed by atoms with E-state index >= 15 is 0 Å². The summed E-state index contributed by atoms with van der Waals surface area (Å²) in [7, 11) is 0. The molecule has 1 N–H and O–H groups in total. The summed E-state index contributed by atoms with van der Waals surface area (Å²) in [5.41, 5.74) is 0.730. The van der Waals surface area contributed by atoms with Crippen LogP contribution < -0.4 is 5.32 Å². The zero-order chi connectivity index (χ0) is 13.7. The van der Waals surface area contributed by atoms with Gasteiger partial charge in [0.25, 0.3) is 0 Å². The molecule has 3 aliphatic rings. The molecule has 0 unspecified atom stereocenters. The van der Waals surface area contributed by atoms with E-state index in [0.29, 0.717) is 23.5 Å². The number of hydrogen-bond acceptors (Lipinski definition) is 2. The van der Waals surface area contributed by atoms with E-state index in [1.54, 1.807) is 0 Å². The van der Waals surface area contributed by atoms with Crippen molar-refractivity contribution in [2.24, 2.45) is 16.7 Å². The van der Waals surface area contributed by atoms with Crippen molar-refractivity contribution in [2.75, 3.05) is 26.2 Å². The minimum atomic E-state index is 0.0584. The highest BCUT2D eigenvalue weighted by molar-refractivity contribution is 5.76. The number of rotatable bonds is 4. The number of hydrogen-bond donors (Lipinski definition) is 1. The van der Waals surface area contributed by atoms with E-state index in [1.807, 2.05) is 4.90 Å². The van der Waals surface area contributed by atoms with Crippen LogP contribution in [0, 0.1) is 16.7 Å². The minimum Gasteiger partial charge on any atom is -0.376 e. The van der Waals surface area contributed by atoms with Crippen molar-refractivity contribution < 1.29 is 9.53 Å². The third-order valence-electron chi connectivity index (χ3n) is 6.34. The standard InChI is InChI=1S/C15H26N2O2/c1-14(2)11-4-5-15(14,3)12(10-11)19-9-8-17-7-6-16-13(17)18/h11-12H,4-10H2,1-3H3,(H,16,18)/t11-,12-,15-/m1/s1. The number of fused-ring (bicyclic) bond motifs is 2. The number of carbonyl (C=O) groups is 1. The quantitative estimate of drug-likeness (QED) is 0.848. The third kappa shape index (κ3) is 1.87. The van der Waals surface area contributed by atoms with Gasteiger partial charge in [0.05, 0.1) is 12.7 Å². The monoisotopic (exact) mass is 266 g/mol. The van der Waals surface area contributed by atoms with Gasteiger partial charge in [-0.3, -0.25) is 0 Å². The van der Waals surface area contributed by atoms with Gasteiger partial charge >= 0.3 is 6.03 Å². The molecule has 0 aromatic heterocycles. The molecule has 108 valence electrons. The summed E-state index contributed by atoms with van der Waals surface area (Å²) >= 11 is 0. The Bertz CT molecular complexity index is 382. The van der Waals surface area contributed by atoms with Gasteiger partial charge in [-0.25, -0.2) is 4.79 Å². The molecule has 3 fully saturated rings. The highest BCUT2D eigenvalue weighted by Gasteiger charge is 2.61. The molecule has 1 saturated heterocycles. The van der Waals surface area contributed by atoms with Crippen molar-refractivity contribution in [1.82, 2.24) is 10.2 Å². The first-order valence-electron chi connectivity index (χ1n) is 7.59. The lowest BCUT2D eigenvalue weighted by Gasteiger charge is -2.39. The molecule has 2 amide bonds. The number of amides is 2. The molecule has 3 rings (SSSR count). The molecule has 0 aromatic carbocycles. The first kappa shape index (κ1) is 13.2. The van der Waals surface area contributed by atoms with Gasteiger partial charge in [-0.05, 0) is 36.0 Å². The molecule has 4 nitrogen and oxygen atoms in total.